The highest BCUT2D eigenvalue weighted by atomic mass is 31.2. The first-order valence-corrected chi connectivity index (χ1v) is 28.2. The number of allylic oxidation sites excluding steroid dienone is 7. The zero-order valence-electron chi connectivity index (χ0n) is 41.8. The van der Waals surface area contributed by atoms with Gasteiger partial charge in [-0.2, -0.15) is 0 Å². The summed E-state index contributed by atoms with van der Waals surface area (Å²) in [4.78, 5) is 23.5. The SMILES string of the molecule is CCCCCCCC/C=C/CC/C=C/CC/C=C/C(O)C(COP(=O)(O)OC1C(O)C(O)C(O)C(O)C1O)NC(=O)CC(O)CCCCCCC/C=C\CCCCCCCCCCCCCC. The predicted octanol–water partition coefficient (Wildman–Crippen LogP) is 10.3. The van der Waals surface area contributed by atoms with E-state index in [1.807, 2.05) is 0 Å². The lowest BCUT2D eigenvalue weighted by Gasteiger charge is -2.41. The number of carbonyl (C=O) groups excluding carboxylic acids is 1. The summed E-state index contributed by atoms with van der Waals surface area (Å²) in [5.74, 6) is -0.611. The molecule has 0 aliphatic heterocycles. The molecule has 392 valence electrons. The third kappa shape index (κ3) is 33.5. The minimum Gasteiger partial charge on any atom is -0.393 e. The number of aliphatic hydroxyl groups excluding tert-OH is 7. The quantitative estimate of drug-likeness (QED) is 0.0158. The van der Waals surface area contributed by atoms with Gasteiger partial charge in [-0.25, -0.2) is 4.57 Å². The van der Waals surface area contributed by atoms with Gasteiger partial charge in [0.15, 0.2) is 0 Å². The third-order valence-corrected chi connectivity index (χ3v) is 13.6. The highest BCUT2D eigenvalue weighted by Crippen LogP contribution is 2.47. The minimum atomic E-state index is -5.16. The van der Waals surface area contributed by atoms with Crippen LogP contribution in [0.4, 0.5) is 0 Å². The first-order chi connectivity index (χ1) is 32.3. The van der Waals surface area contributed by atoms with E-state index in [2.05, 4.69) is 55.6 Å². The molecule has 8 unspecified atom stereocenters. The lowest BCUT2D eigenvalue weighted by molar-refractivity contribution is -0.220. The Balaban J connectivity index is 2.48. The molecule has 0 saturated heterocycles. The minimum absolute atomic E-state index is 0.262. The zero-order chi connectivity index (χ0) is 49.4. The van der Waals surface area contributed by atoms with Crippen LogP contribution in [-0.2, 0) is 18.4 Å². The largest absolute Gasteiger partial charge is 0.472 e. The fourth-order valence-corrected chi connectivity index (χ4v) is 9.23. The molecule has 0 heterocycles. The van der Waals surface area contributed by atoms with Crippen LogP contribution in [0.3, 0.4) is 0 Å². The van der Waals surface area contributed by atoms with Crippen LogP contribution in [0.15, 0.2) is 48.6 Å². The molecule has 0 spiro atoms. The van der Waals surface area contributed by atoms with Gasteiger partial charge in [0.25, 0.3) is 0 Å². The van der Waals surface area contributed by atoms with Crippen LogP contribution in [0.5, 0.6) is 0 Å². The second-order valence-electron chi connectivity index (χ2n) is 18.9. The predicted molar refractivity (Wildman–Crippen MR) is 270 cm³/mol. The molecular weight excluding hydrogens is 874 g/mol. The summed E-state index contributed by atoms with van der Waals surface area (Å²) in [5.41, 5.74) is 0. The van der Waals surface area contributed by atoms with E-state index in [9.17, 15) is 50.0 Å². The van der Waals surface area contributed by atoms with E-state index in [1.165, 1.54) is 122 Å². The summed E-state index contributed by atoms with van der Waals surface area (Å²) in [6, 6.07) is -1.27. The van der Waals surface area contributed by atoms with Crippen molar-refractivity contribution < 1.29 is 59.0 Å². The van der Waals surface area contributed by atoms with Crippen LogP contribution in [0.25, 0.3) is 0 Å². The second kappa shape index (κ2) is 42.0. The third-order valence-electron chi connectivity index (χ3n) is 12.6. The number of phosphoric acid groups is 1. The normalized spacial score (nSPS) is 22.6. The van der Waals surface area contributed by atoms with Crippen molar-refractivity contribution in [2.75, 3.05) is 6.61 Å². The zero-order valence-corrected chi connectivity index (χ0v) is 42.7. The molecule has 0 aromatic heterocycles. The number of phosphoric ester groups is 1. The molecule has 13 nitrogen and oxygen atoms in total. The summed E-state index contributed by atoms with van der Waals surface area (Å²) < 4.78 is 22.9. The molecule has 0 aromatic rings. The molecule has 1 aliphatic rings. The van der Waals surface area contributed by atoms with Crippen LogP contribution in [0.1, 0.15) is 219 Å². The number of unbranched alkanes of at least 4 members (excludes halogenated alkanes) is 25. The van der Waals surface area contributed by atoms with Gasteiger partial charge in [-0.1, -0.05) is 191 Å². The molecule has 0 radical (unpaired) electrons. The number of carbonyl (C=O) groups is 1. The Bertz CT molecular complexity index is 1330. The van der Waals surface area contributed by atoms with Gasteiger partial charge in [-0.15, -0.1) is 0 Å². The summed E-state index contributed by atoms with van der Waals surface area (Å²) in [5, 5.41) is 74.7. The Morgan fingerprint density at radius 3 is 1.31 bits per heavy atom. The molecule has 1 aliphatic carbocycles. The molecular formula is C53H98NO12P. The van der Waals surface area contributed by atoms with Crippen molar-refractivity contribution >= 4 is 13.7 Å². The van der Waals surface area contributed by atoms with E-state index in [1.54, 1.807) is 6.08 Å². The molecule has 9 N–H and O–H groups in total. The fraction of sp³-hybridized carbons (Fsp3) is 0.830. The Labute approximate surface area is 406 Å². The van der Waals surface area contributed by atoms with Crippen LogP contribution in [-0.4, -0.2) is 108 Å². The molecule has 8 atom stereocenters. The summed E-state index contributed by atoms with van der Waals surface area (Å²) >= 11 is 0. The standard InChI is InChI=1S/C53H98NO12P/c1-3-5-7-9-11-13-15-17-19-21-22-23-24-25-26-28-30-32-34-36-38-40-44(55)42-47(57)54-45(43-65-67(63,64)66-53-51(61)49(59)48(58)50(60)52(53)62)46(56)41-39-37-35-33-31-29-27-20-18-16-14-12-10-8-6-4-2/h18,20,25-26,31,33,39,41,44-46,48-53,55-56,58-62H,3-17,19,21-24,27-30,32,34-38,40,42-43H2,1-2H3,(H,54,57)(H,63,64)/b20-18+,26-25-,33-31+,41-39+. The Hall–Kier alpha value is -1.74. The highest BCUT2D eigenvalue weighted by Gasteiger charge is 2.51. The van der Waals surface area contributed by atoms with Crippen molar-refractivity contribution in [3.8, 4) is 0 Å². The van der Waals surface area contributed by atoms with E-state index >= 15 is 0 Å². The molecule has 14 heteroatoms. The maximum absolute atomic E-state index is 13.0. The number of hydrogen-bond donors (Lipinski definition) is 9. The molecule has 1 rings (SSSR count). The number of rotatable bonds is 44. The van der Waals surface area contributed by atoms with Crippen molar-refractivity contribution in [2.24, 2.45) is 0 Å². The topological polar surface area (TPSA) is 226 Å². The molecule has 0 bridgehead atoms. The Kier molecular flexibility index (Phi) is 39.7. The first kappa shape index (κ1) is 63.3. The van der Waals surface area contributed by atoms with Crippen LogP contribution in [0.2, 0.25) is 0 Å². The summed E-state index contributed by atoms with van der Waals surface area (Å²) in [6.07, 6.45) is 37.7. The second-order valence-corrected chi connectivity index (χ2v) is 20.3. The Morgan fingerprint density at radius 2 is 0.881 bits per heavy atom. The number of aliphatic hydroxyl groups is 7. The average Bonchev–Trinajstić information content (AvgIpc) is 3.30. The molecule has 1 amide bonds. The van der Waals surface area contributed by atoms with Gasteiger partial charge in [-0.3, -0.25) is 13.8 Å². The fourth-order valence-electron chi connectivity index (χ4n) is 8.27. The summed E-state index contributed by atoms with van der Waals surface area (Å²) in [6.45, 7) is 3.73. The van der Waals surface area contributed by atoms with Crippen LogP contribution < -0.4 is 5.32 Å². The van der Waals surface area contributed by atoms with Gasteiger partial charge in [0.2, 0.25) is 5.91 Å². The van der Waals surface area contributed by atoms with Gasteiger partial charge in [0, 0.05) is 0 Å². The summed E-state index contributed by atoms with van der Waals surface area (Å²) in [7, 11) is -5.16. The van der Waals surface area contributed by atoms with Gasteiger partial charge >= 0.3 is 7.82 Å². The van der Waals surface area contributed by atoms with Crippen LogP contribution >= 0.6 is 7.82 Å². The molecule has 1 saturated carbocycles. The van der Waals surface area contributed by atoms with E-state index in [4.69, 9.17) is 9.05 Å². The highest BCUT2D eigenvalue weighted by molar-refractivity contribution is 7.47. The van der Waals surface area contributed by atoms with E-state index in [-0.39, 0.29) is 6.42 Å². The smallest absolute Gasteiger partial charge is 0.393 e. The lowest BCUT2D eigenvalue weighted by Crippen LogP contribution is -2.64. The van der Waals surface area contributed by atoms with Gasteiger partial charge in [0.1, 0.15) is 36.6 Å². The van der Waals surface area contributed by atoms with Crippen LogP contribution in [0, 0.1) is 0 Å². The Morgan fingerprint density at radius 1 is 0.522 bits per heavy atom. The van der Waals surface area contributed by atoms with E-state index in [0.717, 1.165) is 64.2 Å². The van der Waals surface area contributed by atoms with Crippen molar-refractivity contribution in [1.82, 2.24) is 5.32 Å². The van der Waals surface area contributed by atoms with Gasteiger partial charge in [0.05, 0.1) is 31.3 Å². The molecule has 0 aromatic carbocycles. The monoisotopic (exact) mass is 972 g/mol. The number of nitrogens with one attached hydrogen (secondary N) is 1. The van der Waals surface area contributed by atoms with Crippen molar-refractivity contribution in [2.45, 2.75) is 274 Å². The maximum atomic E-state index is 13.0. The van der Waals surface area contributed by atoms with Crippen molar-refractivity contribution in [3.63, 3.8) is 0 Å². The van der Waals surface area contributed by atoms with E-state index < -0.39 is 75.2 Å². The number of hydrogen-bond acceptors (Lipinski definition) is 11. The van der Waals surface area contributed by atoms with Crippen molar-refractivity contribution in [1.29, 1.82) is 0 Å². The molecule has 67 heavy (non-hydrogen) atoms. The van der Waals surface area contributed by atoms with Gasteiger partial charge < -0.3 is 46.0 Å². The molecule has 1 fully saturated rings. The number of amides is 1. The average molecular weight is 972 g/mol. The first-order valence-electron chi connectivity index (χ1n) is 26.7. The maximum Gasteiger partial charge on any atom is 0.472 e. The van der Waals surface area contributed by atoms with Crippen molar-refractivity contribution in [3.05, 3.63) is 48.6 Å². The van der Waals surface area contributed by atoms with Gasteiger partial charge in [-0.05, 0) is 70.6 Å². The lowest BCUT2D eigenvalue weighted by atomic mass is 9.85. The van der Waals surface area contributed by atoms with E-state index in [0.29, 0.717) is 19.3 Å².